The molecule has 2 aromatic rings. The number of rotatable bonds is 2. The summed E-state index contributed by atoms with van der Waals surface area (Å²) in [5, 5.41) is -0.471. The molecule has 0 radical (unpaired) electrons. The van der Waals surface area contributed by atoms with E-state index in [0.29, 0.717) is 6.54 Å². The van der Waals surface area contributed by atoms with Gasteiger partial charge in [-0.1, -0.05) is 52.0 Å². The van der Waals surface area contributed by atoms with Gasteiger partial charge in [0.25, 0.3) is 5.91 Å². The topological polar surface area (TPSA) is 40.6 Å². The lowest BCUT2D eigenvalue weighted by atomic mass is 10.2. The normalized spacial score (nSPS) is 19.8. The first kappa shape index (κ1) is 14.8. The zero-order chi connectivity index (χ0) is 16.0. The number of nitrogens with zero attached hydrogens (tertiary/aromatic N) is 2. The molecule has 2 aliphatic heterocycles. The maximum absolute atomic E-state index is 12.8. The molecule has 2 aliphatic rings. The fraction of sp³-hybridized carbons (Fsp3) is 0.176. The van der Waals surface area contributed by atoms with Crippen molar-refractivity contribution in [3.8, 4) is 0 Å². The molecule has 1 saturated heterocycles. The highest BCUT2D eigenvalue weighted by Crippen LogP contribution is 2.45. The van der Waals surface area contributed by atoms with Crippen LogP contribution in [-0.4, -0.2) is 28.6 Å². The Kier molecular flexibility index (Phi) is 3.66. The summed E-state index contributed by atoms with van der Waals surface area (Å²) in [4.78, 5) is 29.6. The molecule has 2 aromatic carbocycles. The van der Waals surface area contributed by atoms with Crippen LogP contribution in [0.5, 0.6) is 0 Å². The van der Waals surface area contributed by atoms with Crippen molar-refractivity contribution in [3.63, 3.8) is 0 Å². The summed E-state index contributed by atoms with van der Waals surface area (Å²) in [7, 11) is 0. The van der Waals surface area contributed by atoms with Crippen molar-refractivity contribution in [2.24, 2.45) is 0 Å². The van der Waals surface area contributed by atoms with Crippen molar-refractivity contribution < 1.29 is 9.59 Å². The van der Waals surface area contributed by atoms with Gasteiger partial charge in [-0.2, -0.15) is 0 Å². The average Bonchev–Trinajstić information content (AvgIpc) is 2.92. The van der Waals surface area contributed by atoms with Gasteiger partial charge in [-0.15, -0.1) is 0 Å². The van der Waals surface area contributed by atoms with Gasteiger partial charge in [0, 0.05) is 15.9 Å². The molecule has 1 atom stereocenters. The maximum atomic E-state index is 12.8. The van der Waals surface area contributed by atoms with Crippen LogP contribution in [0.3, 0.4) is 0 Å². The summed E-state index contributed by atoms with van der Waals surface area (Å²) in [6, 6.07) is 15.5. The number of benzene rings is 2. The van der Waals surface area contributed by atoms with Gasteiger partial charge >= 0.3 is 0 Å². The second kappa shape index (κ2) is 5.69. The predicted octanol–water partition coefficient (Wildman–Crippen LogP) is 3.26. The van der Waals surface area contributed by atoms with Crippen LogP contribution in [-0.2, 0) is 16.1 Å². The third-order valence-electron chi connectivity index (χ3n) is 3.98. The molecule has 116 valence electrons. The smallest absolute Gasteiger partial charge is 0.257 e. The summed E-state index contributed by atoms with van der Waals surface area (Å²) in [5.41, 5.74) is 1.86. The lowest BCUT2D eigenvalue weighted by Gasteiger charge is -2.36. The van der Waals surface area contributed by atoms with Crippen molar-refractivity contribution in [1.29, 1.82) is 0 Å². The summed E-state index contributed by atoms with van der Waals surface area (Å²) < 4.78 is 0.968. The molecule has 0 aromatic heterocycles. The average molecular weight is 389 g/mol. The Morgan fingerprint density at radius 2 is 1.96 bits per heavy atom. The van der Waals surface area contributed by atoms with Crippen molar-refractivity contribution >= 4 is 45.2 Å². The molecule has 2 amide bonds. The van der Waals surface area contributed by atoms with Gasteiger partial charge in [-0.05, 0) is 29.8 Å². The first-order valence-corrected chi connectivity index (χ1v) is 8.92. The molecule has 6 heteroatoms. The highest BCUT2D eigenvalue weighted by molar-refractivity contribution is 9.10. The minimum atomic E-state index is -0.471. The summed E-state index contributed by atoms with van der Waals surface area (Å²) in [6.07, 6.45) is 0. The molecule has 0 N–H and O–H groups in total. The predicted molar refractivity (Wildman–Crippen MR) is 93.1 cm³/mol. The molecular weight excluding hydrogens is 376 g/mol. The molecule has 4 rings (SSSR count). The minimum Gasteiger partial charge on any atom is -0.326 e. The highest BCUT2D eigenvalue weighted by Gasteiger charge is 2.45. The van der Waals surface area contributed by atoms with Crippen molar-refractivity contribution in [2.75, 3.05) is 11.4 Å². The number of hydrogen-bond acceptors (Lipinski definition) is 3. The number of anilines is 1. The second-order valence-electron chi connectivity index (χ2n) is 5.53. The van der Waals surface area contributed by atoms with E-state index in [1.807, 2.05) is 48.5 Å². The Morgan fingerprint density at radius 3 is 2.78 bits per heavy atom. The number of carbonyl (C=O) groups excluding carboxylic acids is 2. The van der Waals surface area contributed by atoms with Crippen LogP contribution in [0.1, 0.15) is 5.56 Å². The minimum absolute atomic E-state index is 0.00854. The maximum Gasteiger partial charge on any atom is 0.257 e. The number of carbonyl (C=O) groups is 2. The number of thioether (sulfide) groups is 1. The van der Waals surface area contributed by atoms with E-state index in [9.17, 15) is 9.59 Å². The number of piperazine rings is 1. The van der Waals surface area contributed by atoms with Crippen molar-refractivity contribution in [2.45, 2.75) is 16.8 Å². The molecule has 23 heavy (non-hydrogen) atoms. The number of hydrogen-bond donors (Lipinski definition) is 0. The van der Waals surface area contributed by atoms with Gasteiger partial charge in [-0.25, -0.2) is 0 Å². The van der Waals surface area contributed by atoms with Crippen LogP contribution >= 0.6 is 27.7 Å². The van der Waals surface area contributed by atoms with E-state index < -0.39 is 5.37 Å². The fourth-order valence-electron chi connectivity index (χ4n) is 2.94. The molecule has 0 aliphatic carbocycles. The van der Waals surface area contributed by atoms with Gasteiger partial charge < -0.3 is 4.90 Å². The van der Waals surface area contributed by atoms with E-state index in [4.69, 9.17) is 0 Å². The van der Waals surface area contributed by atoms with Crippen LogP contribution < -0.4 is 4.90 Å². The molecular formula is C17H13BrN2O2S. The van der Waals surface area contributed by atoms with E-state index in [-0.39, 0.29) is 18.4 Å². The van der Waals surface area contributed by atoms with E-state index in [1.165, 1.54) is 11.8 Å². The standard InChI is InChI=1S/C17H13BrN2O2S/c18-12-5-3-4-11(8-12)9-19-10-15(21)20-13-6-1-2-7-14(13)23-17(20)16(19)22/h1-8,17H,9-10H2. The van der Waals surface area contributed by atoms with Gasteiger partial charge in [0.15, 0.2) is 5.37 Å². The van der Waals surface area contributed by atoms with E-state index in [0.717, 1.165) is 20.6 Å². The summed E-state index contributed by atoms with van der Waals surface area (Å²) in [5.74, 6) is -0.0344. The summed E-state index contributed by atoms with van der Waals surface area (Å²) in [6.45, 7) is 0.571. The van der Waals surface area contributed by atoms with Crippen LogP contribution in [0.15, 0.2) is 57.9 Å². The third kappa shape index (κ3) is 2.56. The Labute approximate surface area is 146 Å². The quantitative estimate of drug-likeness (QED) is 0.792. The van der Waals surface area contributed by atoms with Gasteiger partial charge in [0.05, 0.1) is 5.69 Å². The highest BCUT2D eigenvalue weighted by atomic mass is 79.9. The Balaban J connectivity index is 1.61. The number of halogens is 1. The number of para-hydroxylation sites is 1. The van der Waals surface area contributed by atoms with Crippen LogP contribution in [0, 0.1) is 0 Å². The number of amides is 2. The molecule has 4 nitrogen and oxygen atoms in total. The monoisotopic (exact) mass is 388 g/mol. The van der Waals surface area contributed by atoms with Crippen molar-refractivity contribution in [1.82, 2.24) is 4.90 Å². The Hall–Kier alpha value is -1.79. The lowest BCUT2D eigenvalue weighted by Crippen LogP contribution is -2.57. The Bertz CT molecular complexity index is 811. The van der Waals surface area contributed by atoms with Gasteiger partial charge in [0.2, 0.25) is 5.91 Å². The van der Waals surface area contributed by atoms with Crippen molar-refractivity contribution in [3.05, 3.63) is 58.6 Å². The second-order valence-corrected chi connectivity index (χ2v) is 7.56. The van der Waals surface area contributed by atoms with E-state index in [2.05, 4.69) is 15.9 Å². The molecule has 2 heterocycles. The fourth-order valence-corrected chi connectivity index (χ4v) is 4.66. The Morgan fingerprint density at radius 1 is 1.13 bits per heavy atom. The molecule has 0 bridgehead atoms. The molecule has 0 spiro atoms. The molecule has 0 saturated carbocycles. The third-order valence-corrected chi connectivity index (χ3v) is 5.71. The molecule has 1 fully saturated rings. The number of fused-ring (bicyclic) bond motifs is 3. The SMILES string of the molecule is O=C1C2Sc3ccccc3N2C(=O)CN1Cc1cccc(Br)c1. The largest absolute Gasteiger partial charge is 0.326 e. The van der Waals surface area contributed by atoms with Crippen LogP contribution in [0.2, 0.25) is 0 Å². The lowest BCUT2D eigenvalue weighted by molar-refractivity contribution is -0.139. The molecule has 1 unspecified atom stereocenters. The van der Waals surface area contributed by atoms with Gasteiger partial charge in [0.1, 0.15) is 6.54 Å². The zero-order valence-corrected chi connectivity index (χ0v) is 14.5. The van der Waals surface area contributed by atoms with Crippen LogP contribution in [0.4, 0.5) is 5.69 Å². The first-order valence-electron chi connectivity index (χ1n) is 7.24. The van der Waals surface area contributed by atoms with E-state index >= 15 is 0 Å². The summed E-state index contributed by atoms with van der Waals surface area (Å²) >= 11 is 4.89. The first-order chi connectivity index (χ1) is 11.1. The van der Waals surface area contributed by atoms with Crippen LogP contribution in [0.25, 0.3) is 0 Å². The van der Waals surface area contributed by atoms with E-state index in [1.54, 1.807) is 9.80 Å². The zero-order valence-electron chi connectivity index (χ0n) is 12.1. The van der Waals surface area contributed by atoms with Gasteiger partial charge in [-0.3, -0.25) is 14.5 Å².